The van der Waals surface area contributed by atoms with E-state index < -0.39 is 18.0 Å². The van der Waals surface area contributed by atoms with Crippen LogP contribution in [0.25, 0.3) is 0 Å². The van der Waals surface area contributed by atoms with Crippen molar-refractivity contribution in [2.75, 3.05) is 19.7 Å². The molecule has 31 heavy (non-hydrogen) atoms. The summed E-state index contributed by atoms with van der Waals surface area (Å²) in [6.45, 7) is 0.108. The van der Waals surface area contributed by atoms with Crippen LogP contribution in [0, 0.1) is 0 Å². The lowest BCUT2D eigenvalue weighted by Crippen LogP contribution is -2.50. The summed E-state index contributed by atoms with van der Waals surface area (Å²) >= 11 is 12.1. The van der Waals surface area contributed by atoms with Crippen LogP contribution in [-0.4, -0.2) is 42.5 Å². The summed E-state index contributed by atoms with van der Waals surface area (Å²) < 4.78 is 5.17. The van der Waals surface area contributed by atoms with Crippen molar-refractivity contribution in [2.45, 2.75) is 12.5 Å². The fraction of sp³-hybridized carbons (Fsp3) is 0.227. The molecule has 0 radical (unpaired) electrons. The number of amides is 3. The number of urea groups is 1. The molecule has 0 bridgehead atoms. The van der Waals surface area contributed by atoms with Crippen molar-refractivity contribution in [3.05, 3.63) is 81.0 Å². The van der Waals surface area contributed by atoms with Gasteiger partial charge in [-0.3, -0.25) is 9.69 Å². The van der Waals surface area contributed by atoms with Crippen molar-refractivity contribution in [3.8, 4) is 0 Å². The lowest BCUT2D eigenvalue weighted by atomic mass is 9.95. The molecular formula is C22H19Cl2N3O4. The summed E-state index contributed by atoms with van der Waals surface area (Å²) in [7, 11) is 0. The first-order valence-electron chi connectivity index (χ1n) is 9.68. The zero-order valence-corrected chi connectivity index (χ0v) is 17.9. The van der Waals surface area contributed by atoms with Crippen LogP contribution in [0.15, 0.2) is 59.8 Å². The molecule has 0 aliphatic carbocycles. The Balaban J connectivity index is 1.46. The first-order chi connectivity index (χ1) is 14.9. The monoisotopic (exact) mass is 459 g/mol. The van der Waals surface area contributed by atoms with Gasteiger partial charge in [0.2, 0.25) is 5.91 Å². The molecule has 4 rings (SSSR count). The standard InChI is InChI=1S/C22H19Cl2N3O4/c23-14-7-5-13(6-8-14)9-10-25-18(28)11-27-17-12-31-21(29)19(17)20(26-22(27)30)15-3-1-2-4-16(15)24/h1-8,20H,9-12H2,(H,25,28)(H,26,30). The van der Waals surface area contributed by atoms with E-state index in [1.165, 1.54) is 4.90 Å². The predicted molar refractivity (Wildman–Crippen MR) is 116 cm³/mol. The van der Waals surface area contributed by atoms with Crippen molar-refractivity contribution in [3.63, 3.8) is 0 Å². The number of nitrogens with one attached hydrogen (secondary N) is 2. The van der Waals surface area contributed by atoms with Gasteiger partial charge >= 0.3 is 12.0 Å². The first-order valence-corrected chi connectivity index (χ1v) is 10.4. The molecule has 0 aromatic heterocycles. The number of carbonyl (C=O) groups excluding carboxylic acids is 3. The Hall–Kier alpha value is -3.03. The SMILES string of the molecule is O=C(CN1C(=O)NC(c2ccccc2Cl)C2=C1COC2=O)NCCc1ccc(Cl)cc1. The predicted octanol–water partition coefficient (Wildman–Crippen LogP) is 3.23. The molecule has 2 aromatic carbocycles. The van der Waals surface area contributed by atoms with Crippen LogP contribution < -0.4 is 10.6 Å². The average molecular weight is 460 g/mol. The Labute approximate surface area is 189 Å². The van der Waals surface area contributed by atoms with Crippen LogP contribution in [0.1, 0.15) is 17.2 Å². The molecule has 0 saturated carbocycles. The van der Waals surface area contributed by atoms with Gasteiger partial charge in [0, 0.05) is 16.6 Å². The van der Waals surface area contributed by atoms with Crippen molar-refractivity contribution in [1.82, 2.24) is 15.5 Å². The summed E-state index contributed by atoms with van der Waals surface area (Å²) in [6, 6.07) is 13.1. The number of hydrogen-bond donors (Lipinski definition) is 2. The Morgan fingerprint density at radius 1 is 1.13 bits per heavy atom. The molecular weight excluding hydrogens is 441 g/mol. The maximum atomic E-state index is 12.8. The van der Waals surface area contributed by atoms with Crippen LogP contribution >= 0.6 is 23.2 Å². The average Bonchev–Trinajstić information content (AvgIpc) is 3.13. The topological polar surface area (TPSA) is 87.7 Å². The van der Waals surface area contributed by atoms with E-state index in [1.807, 2.05) is 12.1 Å². The Bertz CT molecular complexity index is 1070. The number of nitrogens with zero attached hydrogens (tertiary/aromatic N) is 1. The summed E-state index contributed by atoms with van der Waals surface area (Å²) in [5.74, 6) is -0.875. The van der Waals surface area contributed by atoms with Gasteiger partial charge in [-0.15, -0.1) is 0 Å². The lowest BCUT2D eigenvalue weighted by molar-refractivity contribution is -0.136. The van der Waals surface area contributed by atoms with Crippen LogP contribution in [0.5, 0.6) is 0 Å². The van der Waals surface area contributed by atoms with E-state index in [0.717, 1.165) is 5.56 Å². The van der Waals surface area contributed by atoms with Gasteiger partial charge in [0.15, 0.2) is 0 Å². The van der Waals surface area contributed by atoms with E-state index >= 15 is 0 Å². The number of rotatable bonds is 6. The van der Waals surface area contributed by atoms with E-state index in [2.05, 4.69) is 10.6 Å². The second-order valence-electron chi connectivity index (χ2n) is 7.15. The third-order valence-electron chi connectivity index (χ3n) is 5.17. The molecule has 2 aliphatic rings. The van der Waals surface area contributed by atoms with Gasteiger partial charge in [-0.05, 0) is 35.7 Å². The van der Waals surface area contributed by atoms with Gasteiger partial charge in [-0.1, -0.05) is 53.5 Å². The van der Waals surface area contributed by atoms with Gasteiger partial charge in [0.05, 0.1) is 17.3 Å². The van der Waals surface area contributed by atoms with Gasteiger partial charge in [0.25, 0.3) is 0 Å². The molecule has 3 amide bonds. The van der Waals surface area contributed by atoms with Gasteiger partial charge < -0.3 is 15.4 Å². The highest BCUT2D eigenvalue weighted by molar-refractivity contribution is 6.31. The van der Waals surface area contributed by atoms with Gasteiger partial charge in [0.1, 0.15) is 13.2 Å². The molecule has 1 unspecified atom stereocenters. The number of hydrogen-bond acceptors (Lipinski definition) is 4. The zero-order chi connectivity index (χ0) is 22.0. The highest BCUT2D eigenvalue weighted by Gasteiger charge is 2.43. The van der Waals surface area contributed by atoms with E-state index in [9.17, 15) is 14.4 Å². The number of esters is 1. The zero-order valence-electron chi connectivity index (χ0n) is 16.4. The molecule has 160 valence electrons. The molecule has 9 heteroatoms. The summed E-state index contributed by atoms with van der Waals surface area (Å²) in [5.41, 5.74) is 2.30. The third kappa shape index (κ3) is 4.52. The molecule has 0 saturated heterocycles. The van der Waals surface area contributed by atoms with Crippen molar-refractivity contribution >= 4 is 41.1 Å². The molecule has 7 nitrogen and oxygen atoms in total. The summed E-state index contributed by atoms with van der Waals surface area (Å²) in [5, 5.41) is 6.64. The normalized spacial score (nSPS) is 17.9. The van der Waals surface area contributed by atoms with E-state index in [1.54, 1.807) is 36.4 Å². The molecule has 0 fully saturated rings. The molecule has 2 aliphatic heterocycles. The van der Waals surface area contributed by atoms with Crippen molar-refractivity contribution in [1.29, 1.82) is 0 Å². The summed E-state index contributed by atoms with van der Waals surface area (Å²) in [4.78, 5) is 38.9. The fourth-order valence-electron chi connectivity index (χ4n) is 3.62. The van der Waals surface area contributed by atoms with Crippen LogP contribution in [-0.2, 0) is 20.7 Å². The molecule has 2 N–H and O–H groups in total. The highest BCUT2D eigenvalue weighted by atomic mass is 35.5. The Morgan fingerprint density at radius 2 is 1.87 bits per heavy atom. The van der Waals surface area contributed by atoms with E-state index in [0.29, 0.717) is 39.8 Å². The lowest BCUT2D eigenvalue weighted by Gasteiger charge is -2.32. The largest absolute Gasteiger partial charge is 0.456 e. The minimum Gasteiger partial charge on any atom is -0.456 e. The van der Waals surface area contributed by atoms with Crippen LogP contribution in [0.4, 0.5) is 4.79 Å². The van der Waals surface area contributed by atoms with Crippen LogP contribution in [0.3, 0.4) is 0 Å². The summed E-state index contributed by atoms with van der Waals surface area (Å²) in [6.07, 6.45) is 0.624. The minimum atomic E-state index is -0.726. The van der Waals surface area contributed by atoms with Gasteiger partial charge in [-0.25, -0.2) is 9.59 Å². The second-order valence-corrected chi connectivity index (χ2v) is 8.00. The fourth-order valence-corrected chi connectivity index (χ4v) is 3.99. The second kappa shape index (κ2) is 8.99. The Kier molecular flexibility index (Phi) is 6.15. The molecule has 1 atom stereocenters. The molecule has 2 heterocycles. The molecule has 0 spiro atoms. The maximum absolute atomic E-state index is 12.8. The molecule has 2 aromatic rings. The number of cyclic esters (lactones) is 1. The van der Waals surface area contributed by atoms with Crippen molar-refractivity contribution in [2.24, 2.45) is 0 Å². The number of carbonyl (C=O) groups is 3. The number of halogens is 2. The number of benzene rings is 2. The van der Waals surface area contributed by atoms with E-state index in [-0.39, 0.29) is 19.1 Å². The van der Waals surface area contributed by atoms with E-state index in [4.69, 9.17) is 27.9 Å². The number of ether oxygens (including phenoxy) is 1. The third-order valence-corrected chi connectivity index (χ3v) is 5.76. The smallest absolute Gasteiger partial charge is 0.338 e. The maximum Gasteiger partial charge on any atom is 0.338 e. The van der Waals surface area contributed by atoms with Crippen LogP contribution in [0.2, 0.25) is 10.0 Å². The first kappa shape index (κ1) is 21.2. The van der Waals surface area contributed by atoms with Crippen molar-refractivity contribution < 1.29 is 19.1 Å². The Morgan fingerprint density at radius 3 is 2.61 bits per heavy atom. The minimum absolute atomic E-state index is 0.0689. The van der Waals surface area contributed by atoms with Gasteiger partial charge in [-0.2, -0.15) is 0 Å². The highest BCUT2D eigenvalue weighted by Crippen LogP contribution is 2.37. The quantitative estimate of drug-likeness (QED) is 0.649.